The number of nitrogens with one attached hydrogen (secondary N) is 1. The molecule has 0 spiro atoms. The van der Waals surface area contributed by atoms with Gasteiger partial charge in [-0.05, 0) is 39.8 Å². The van der Waals surface area contributed by atoms with Gasteiger partial charge in [0.25, 0.3) is 0 Å². The van der Waals surface area contributed by atoms with Gasteiger partial charge in [0.1, 0.15) is 5.75 Å². The molecule has 0 aliphatic carbocycles. The molecule has 0 unspecified atom stereocenters. The lowest BCUT2D eigenvalue weighted by Crippen LogP contribution is -2.06. The number of anilines is 1. The van der Waals surface area contributed by atoms with Crippen LogP contribution in [0.4, 0.5) is 5.69 Å². The molecular weight excluding hydrogens is 274 g/mol. The van der Waals surface area contributed by atoms with E-state index in [-0.39, 0.29) is 5.75 Å². The summed E-state index contributed by atoms with van der Waals surface area (Å²) in [6, 6.07) is 5.46. The fourth-order valence-corrected chi connectivity index (χ4v) is 2.56. The molecule has 2 N–H and O–H groups in total. The van der Waals surface area contributed by atoms with Crippen molar-refractivity contribution in [2.24, 2.45) is 0 Å². The number of aromatic hydroxyl groups is 1. The number of hydrogen-bond acceptors (Lipinski definition) is 3. The van der Waals surface area contributed by atoms with Crippen molar-refractivity contribution in [3.05, 3.63) is 40.2 Å². The third-order valence-corrected chi connectivity index (χ3v) is 3.70. The molecule has 2 rings (SSSR count). The van der Waals surface area contributed by atoms with E-state index in [1.54, 1.807) is 18.2 Å². The molecule has 2 aromatic rings. The first-order valence-corrected chi connectivity index (χ1v) is 7.05. The Kier molecular flexibility index (Phi) is 4.23. The second kappa shape index (κ2) is 5.75. The van der Waals surface area contributed by atoms with Gasteiger partial charge in [-0.2, -0.15) is 5.10 Å². The Bertz CT molecular complexity index is 600. The third-order valence-electron chi connectivity index (χ3n) is 3.35. The van der Waals surface area contributed by atoms with Crippen LogP contribution in [0.1, 0.15) is 36.8 Å². The van der Waals surface area contributed by atoms with Crippen LogP contribution in [0.3, 0.4) is 0 Å². The van der Waals surface area contributed by atoms with Crippen LogP contribution < -0.4 is 5.32 Å². The van der Waals surface area contributed by atoms with Crippen LogP contribution in [-0.4, -0.2) is 14.9 Å². The Morgan fingerprint density at radius 1 is 1.35 bits per heavy atom. The molecule has 0 bridgehead atoms. The van der Waals surface area contributed by atoms with Crippen molar-refractivity contribution < 1.29 is 5.11 Å². The number of aromatic nitrogens is 2. The molecule has 0 saturated heterocycles. The quantitative estimate of drug-likeness (QED) is 0.894. The van der Waals surface area contributed by atoms with Gasteiger partial charge < -0.3 is 10.4 Å². The summed E-state index contributed by atoms with van der Waals surface area (Å²) in [5, 5.41) is 18.3. The predicted molar refractivity (Wildman–Crippen MR) is 82.5 cm³/mol. The summed E-state index contributed by atoms with van der Waals surface area (Å²) >= 11 is 6.11. The monoisotopic (exact) mass is 293 g/mol. The van der Waals surface area contributed by atoms with Crippen LogP contribution in [-0.2, 0) is 6.54 Å². The maximum Gasteiger partial charge on any atom is 0.122 e. The number of phenols is 1. The highest BCUT2D eigenvalue weighted by atomic mass is 35.5. The third kappa shape index (κ3) is 2.75. The lowest BCUT2D eigenvalue weighted by molar-refractivity contribution is 0.469. The summed E-state index contributed by atoms with van der Waals surface area (Å²) in [5.74, 6) is 0.205. The Labute approximate surface area is 124 Å². The van der Waals surface area contributed by atoms with Gasteiger partial charge in [-0.3, -0.25) is 4.68 Å². The van der Waals surface area contributed by atoms with Crippen molar-refractivity contribution in [2.45, 2.75) is 40.3 Å². The second-order valence-corrected chi connectivity index (χ2v) is 5.58. The molecule has 1 heterocycles. The number of rotatable bonds is 4. The molecule has 20 heavy (non-hydrogen) atoms. The highest BCUT2D eigenvalue weighted by Crippen LogP contribution is 2.28. The molecular formula is C15H20ClN3O. The first-order chi connectivity index (χ1) is 9.41. The van der Waals surface area contributed by atoms with Crippen molar-refractivity contribution in [1.82, 2.24) is 9.78 Å². The molecule has 0 amide bonds. The smallest absolute Gasteiger partial charge is 0.122 e. The number of halogens is 1. The maximum absolute atomic E-state index is 9.86. The SMILES string of the molecule is Cc1nn(C(C)C)c(C)c1NCc1c(O)cccc1Cl. The standard InChI is InChI=1S/C15H20ClN3O/c1-9(2)19-11(4)15(10(3)18-19)17-8-12-13(16)6-5-7-14(12)20/h5-7,9,17,20H,8H2,1-4H3. The van der Waals surface area contributed by atoms with Crippen molar-refractivity contribution >= 4 is 17.3 Å². The van der Waals surface area contributed by atoms with E-state index in [0.717, 1.165) is 17.1 Å². The summed E-state index contributed by atoms with van der Waals surface area (Å²) in [6.45, 7) is 8.68. The van der Waals surface area contributed by atoms with E-state index in [0.29, 0.717) is 23.2 Å². The molecule has 0 saturated carbocycles. The first-order valence-electron chi connectivity index (χ1n) is 6.67. The molecule has 1 aromatic carbocycles. The van der Waals surface area contributed by atoms with Crippen LogP contribution in [0.5, 0.6) is 5.75 Å². The molecule has 0 aliphatic heterocycles. The minimum Gasteiger partial charge on any atom is -0.508 e. The van der Waals surface area contributed by atoms with E-state index >= 15 is 0 Å². The number of benzene rings is 1. The molecule has 0 radical (unpaired) electrons. The molecule has 4 nitrogen and oxygen atoms in total. The summed E-state index contributed by atoms with van der Waals surface area (Å²) in [5.41, 5.74) is 3.73. The van der Waals surface area contributed by atoms with Gasteiger partial charge >= 0.3 is 0 Å². The average Bonchev–Trinajstić information content (AvgIpc) is 2.65. The topological polar surface area (TPSA) is 50.1 Å². The zero-order valence-corrected chi connectivity index (χ0v) is 13.0. The molecule has 0 atom stereocenters. The van der Waals surface area contributed by atoms with Crippen molar-refractivity contribution in [3.8, 4) is 5.75 Å². The van der Waals surface area contributed by atoms with E-state index in [9.17, 15) is 5.11 Å². The van der Waals surface area contributed by atoms with Gasteiger partial charge in [0, 0.05) is 23.2 Å². The van der Waals surface area contributed by atoms with Crippen LogP contribution >= 0.6 is 11.6 Å². The number of hydrogen-bond donors (Lipinski definition) is 2. The van der Waals surface area contributed by atoms with E-state index in [2.05, 4.69) is 24.3 Å². The zero-order valence-electron chi connectivity index (χ0n) is 12.2. The minimum atomic E-state index is 0.205. The van der Waals surface area contributed by atoms with E-state index < -0.39 is 0 Å². The van der Waals surface area contributed by atoms with Crippen molar-refractivity contribution in [1.29, 1.82) is 0 Å². The van der Waals surface area contributed by atoms with Gasteiger partial charge in [0.15, 0.2) is 0 Å². The van der Waals surface area contributed by atoms with Gasteiger partial charge in [0.05, 0.1) is 17.1 Å². The van der Waals surface area contributed by atoms with Crippen molar-refractivity contribution in [2.75, 3.05) is 5.32 Å². The van der Waals surface area contributed by atoms with Crippen LogP contribution in [0.2, 0.25) is 5.02 Å². The Morgan fingerprint density at radius 2 is 2.05 bits per heavy atom. The molecule has 0 aliphatic rings. The molecule has 108 valence electrons. The molecule has 0 fully saturated rings. The predicted octanol–water partition coefficient (Wildman–Crippen LogP) is 4.05. The fraction of sp³-hybridized carbons (Fsp3) is 0.400. The summed E-state index contributed by atoms with van der Waals surface area (Å²) in [7, 11) is 0. The van der Waals surface area contributed by atoms with Crippen LogP contribution in [0.25, 0.3) is 0 Å². The fourth-order valence-electron chi connectivity index (χ4n) is 2.32. The first kappa shape index (κ1) is 14.7. The summed E-state index contributed by atoms with van der Waals surface area (Å²) in [6.07, 6.45) is 0. The highest BCUT2D eigenvalue weighted by molar-refractivity contribution is 6.31. The van der Waals surface area contributed by atoms with Crippen LogP contribution in [0.15, 0.2) is 18.2 Å². The van der Waals surface area contributed by atoms with E-state index in [4.69, 9.17) is 11.6 Å². The molecule has 5 heteroatoms. The second-order valence-electron chi connectivity index (χ2n) is 5.18. The lowest BCUT2D eigenvalue weighted by Gasteiger charge is -2.11. The van der Waals surface area contributed by atoms with Crippen molar-refractivity contribution in [3.63, 3.8) is 0 Å². The lowest BCUT2D eigenvalue weighted by atomic mass is 10.2. The minimum absolute atomic E-state index is 0.205. The van der Waals surface area contributed by atoms with E-state index in [1.807, 2.05) is 18.5 Å². The van der Waals surface area contributed by atoms with E-state index in [1.165, 1.54) is 0 Å². The summed E-state index contributed by atoms with van der Waals surface area (Å²) in [4.78, 5) is 0. The number of aryl methyl sites for hydroxylation is 1. The Hall–Kier alpha value is -1.68. The number of nitrogens with zero attached hydrogens (tertiary/aromatic N) is 2. The Balaban J connectivity index is 2.24. The Morgan fingerprint density at radius 3 is 2.60 bits per heavy atom. The van der Waals surface area contributed by atoms with Gasteiger partial charge in [-0.1, -0.05) is 17.7 Å². The van der Waals surface area contributed by atoms with Gasteiger partial charge in [-0.25, -0.2) is 0 Å². The van der Waals surface area contributed by atoms with Gasteiger partial charge in [-0.15, -0.1) is 0 Å². The zero-order chi connectivity index (χ0) is 14.9. The average molecular weight is 294 g/mol. The van der Waals surface area contributed by atoms with Gasteiger partial charge in [0.2, 0.25) is 0 Å². The normalized spacial score (nSPS) is 11.1. The van der Waals surface area contributed by atoms with Crippen LogP contribution in [0, 0.1) is 13.8 Å². The highest BCUT2D eigenvalue weighted by Gasteiger charge is 2.14. The summed E-state index contributed by atoms with van der Waals surface area (Å²) < 4.78 is 1.99. The number of phenolic OH excluding ortho intramolecular Hbond substituents is 1. The molecule has 1 aromatic heterocycles. The maximum atomic E-state index is 9.86. The largest absolute Gasteiger partial charge is 0.508 e.